The van der Waals surface area contributed by atoms with E-state index in [4.69, 9.17) is 4.74 Å². The van der Waals surface area contributed by atoms with Gasteiger partial charge in [0.1, 0.15) is 18.0 Å². The molecule has 2 fully saturated rings. The fourth-order valence-corrected chi connectivity index (χ4v) is 2.96. The Hall–Kier alpha value is -1.40. The van der Waals surface area contributed by atoms with Gasteiger partial charge in [0.2, 0.25) is 0 Å². The predicted octanol–water partition coefficient (Wildman–Crippen LogP) is 0.663. The van der Waals surface area contributed by atoms with E-state index in [1.165, 1.54) is 12.8 Å². The van der Waals surface area contributed by atoms with Crippen LogP contribution in [0.4, 0.5) is 11.6 Å². The summed E-state index contributed by atoms with van der Waals surface area (Å²) in [7, 11) is 0. The first-order valence-electron chi connectivity index (χ1n) is 7.34. The van der Waals surface area contributed by atoms with Crippen molar-refractivity contribution in [2.45, 2.75) is 32.0 Å². The molecule has 2 saturated heterocycles. The highest BCUT2D eigenvalue weighted by Crippen LogP contribution is 2.23. The molecule has 1 aromatic heterocycles. The molecule has 2 atom stereocenters. The fourth-order valence-electron chi connectivity index (χ4n) is 2.96. The lowest BCUT2D eigenvalue weighted by atomic mass is 10.2. The lowest BCUT2D eigenvalue weighted by Gasteiger charge is -2.37. The number of hydrogen-bond acceptors (Lipinski definition) is 6. The number of ether oxygens (including phenoxy) is 1. The van der Waals surface area contributed by atoms with Crippen LogP contribution in [-0.4, -0.2) is 60.1 Å². The van der Waals surface area contributed by atoms with Gasteiger partial charge in [-0.05, 0) is 19.8 Å². The van der Waals surface area contributed by atoms with E-state index in [0.717, 1.165) is 31.3 Å². The van der Waals surface area contributed by atoms with Gasteiger partial charge in [-0.2, -0.15) is 0 Å². The number of aliphatic hydroxyl groups excluding tert-OH is 1. The van der Waals surface area contributed by atoms with E-state index >= 15 is 0 Å². The Morgan fingerprint density at radius 3 is 2.60 bits per heavy atom. The SMILES string of the molecule is C[C@H]1CN(c2cc(N3CCCC3)ncn2)C[C@H](CO)O1. The lowest BCUT2D eigenvalue weighted by molar-refractivity contribution is -0.0423. The van der Waals surface area contributed by atoms with E-state index in [9.17, 15) is 5.11 Å². The normalized spacial score (nSPS) is 27.1. The van der Waals surface area contributed by atoms with Crippen LogP contribution in [0.15, 0.2) is 12.4 Å². The summed E-state index contributed by atoms with van der Waals surface area (Å²) in [6.45, 7) is 5.71. The van der Waals surface area contributed by atoms with Gasteiger partial charge in [-0.1, -0.05) is 0 Å². The molecular weight excluding hydrogens is 256 g/mol. The molecule has 20 heavy (non-hydrogen) atoms. The first-order chi connectivity index (χ1) is 9.76. The summed E-state index contributed by atoms with van der Waals surface area (Å²) in [6.07, 6.45) is 4.08. The Morgan fingerprint density at radius 2 is 1.90 bits per heavy atom. The highest BCUT2D eigenvalue weighted by atomic mass is 16.5. The molecule has 0 saturated carbocycles. The van der Waals surface area contributed by atoms with Crippen LogP contribution in [-0.2, 0) is 4.74 Å². The summed E-state index contributed by atoms with van der Waals surface area (Å²) in [4.78, 5) is 13.3. The Kier molecular flexibility index (Phi) is 4.03. The zero-order valence-corrected chi connectivity index (χ0v) is 11.9. The van der Waals surface area contributed by atoms with Gasteiger partial charge in [-0.15, -0.1) is 0 Å². The molecule has 0 spiro atoms. The van der Waals surface area contributed by atoms with E-state index in [1.54, 1.807) is 6.33 Å². The summed E-state index contributed by atoms with van der Waals surface area (Å²) >= 11 is 0. The molecular formula is C14H22N4O2. The molecule has 2 aliphatic heterocycles. The predicted molar refractivity (Wildman–Crippen MR) is 77.1 cm³/mol. The van der Waals surface area contributed by atoms with Gasteiger partial charge in [0.25, 0.3) is 0 Å². The summed E-state index contributed by atoms with van der Waals surface area (Å²) in [6, 6.07) is 2.05. The molecule has 6 heteroatoms. The third kappa shape index (κ3) is 2.86. The minimum Gasteiger partial charge on any atom is -0.394 e. The Balaban J connectivity index is 1.77. The number of aliphatic hydroxyl groups is 1. The highest BCUT2D eigenvalue weighted by Gasteiger charge is 2.26. The van der Waals surface area contributed by atoms with Crippen LogP contribution in [0.2, 0.25) is 0 Å². The van der Waals surface area contributed by atoms with Gasteiger partial charge in [-0.3, -0.25) is 0 Å². The Bertz CT molecular complexity index is 451. The van der Waals surface area contributed by atoms with Crippen molar-refractivity contribution in [2.24, 2.45) is 0 Å². The van der Waals surface area contributed by atoms with Crippen LogP contribution in [0.3, 0.4) is 0 Å². The van der Waals surface area contributed by atoms with Gasteiger partial charge in [0, 0.05) is 32.2 Å². The van der Waals surface area contributed by atoms with Gasteiger partial charge >= 0.3 is 0 Å². The average molecular weight is 278 g/mol. The molecule has 0 bridgehead atoms. The number of nitrogens with zero attached hydrogens (tertiary/aromatic N) is 4. The molecule has 0 aromatic carbocycles. The molecule has 3 heterocycles. The van der Waals surface area contributed by atoms with Crippen molar-refractivity contribution in [1.29, 1.82) is 0 Å². The van der Waals surface area contributed by atoms with Crippen molar-refractivity contribution in [3.8, 4) is 0 Å². The lowest BCUT2D eigenvalue weighted by Crippen LogP contribution is -2.48. The number of hydrogen-bond donors (Lipinski definition) is 1. The monoisotopic (exact) mass is 278 g/mol. The van der Waals surface area contributed by atoms with Crippen molar-refractivity contribution in [3.05, 3.63) is 12.4 Å². The van der Waals surface area contributed by atoms with E-state index in [-0.39, 0.29) is 18.8 Å². The maximum atomic E-state index is 9.31. The number of morpholine rings is 1. The van der Waals surface area contributed by atoms with E-state index in [0.29, 0.717) is 6.54 Å². The summed E-state index contributed by atoms with van der Waals surface area (Å²) in [5.74, 6) is 1.93. The average Bonchev–Trinajstić information content (AvgIpc) is 3.01. The fraction of sp³-hybridized carbons (Fsp3) is 0.714. The summed E-state index contributed by atoms with van der Waals surface area (Å²) < 4.78 is 5.67. The third-order valence-electron chi connectivity index (χ3n) is 3.92. The topological polar surface area (TPSA) is 61.7 Å². The Labute approximate surface area is 119 Å². The minimum absolute atomic E-state index is 0.0465. The molecule has 2 aliphatic rings. The Morgan fingerprint density at radius 1 is 1.20 bits per heavy atom. The number of aromatic nitrogens is 2. The maximum absolute atomic E-state index is 9.31. The molecule has 1 N–H and O–H groups in total. The largest absolute Gasteiger partial charge is 0.394 e. The van der Waals surface area contributed by atoms with Gasteiger partial charge in [0.05, 0.1) is 18.8 Å². The highest BCUT2D eigenvalue weighted by molar-refractivity contribution is 5.51. The van der Waals surface area contributed by atoms with Gasteiger partial charge < -0.3 is 19.6 Å². The molecule has 0 aliphatic carbocycles. The van der Waals surface area contributed by atoms with E-state index < -0.39 is 0 Å². The smallest absolute Gasteiger partial charge is 0.134 e. The number of anilines is 2. The molecule has 1 aromatic rings. The molecule has 0 amide bonds. The van der Waals surface area contributed by atoms with Gasteiger partial charge in [-0.25, -0.2) is 9.97 Å². The molecule has 0 unspecified atom stereocenters. The maximum Gasteiger partial charge on any atom is 0.134 e. The summed E-state index contributed by atoms with van der Waals surface area (Å²) in [5, 5.41) is 9.31. The van der Waals surface area contributed by atoms with E-state index in [2.05, 4.69) is 25.8 Å². The van der Waals surface area contributed by atoms with Crippen LogP contribution in [0.25, 0.3) is 0 Å². The second kappa shape index (κ2) is 5.93. The molecule has 3 rings (SSSR count). The van der Waals surface area contributed by atoms with Crippen LogP contribution < -0.4 is 9.80 Å². The first kappa shape index (κ1) is 13.6. The second-order valence-corrected chi connectivity index (χ2v) is 5.58. The quantitative estimate of drug-likeness (QED) is 0.876. The minimum atomic E-state index is -0.135. The summed E-state index contributed by atoms with van der Waals surface area (Å²) in [5.41, 5.74) is 0. The van der Waals surface area contributed by atoms with Crippen molar-refractivity contribution in [2.75, 3.05) is 42.6 Å². The second-order valence-electron chi connectivity index (χ2n) is 5.58. The molecule has 110 valence electrons. The van der Waals surface area contributed by atoms with Crippen molar-refractivity contribution < 1.29 is 9.84 Å². The third-order valence-corrected chi connectivity index (χ3v) is 3.92. The number of rotatable bonds is 3. The van der Waals surface area contributed by atoms with Gasteiger partial charge in [0.15, 0.2) is 0 Å². The van der Waals surface area contributed by atoms with E-state index in [1.807, 2.05) is 6.92 Å². The molecule has 0 radical (unpaired) electrons. The van der Waals surface area contributed by atoms with Crippen LogP contribution >= 0.6 is 0 Å². The van der Waals surface area contributed by atoms with Crippen molar-refractivity contribution in [3.63, 3.8) is 0 Å². The first-order valence-corrected chi connectivity index (χ1v) is 7.34. The van der Waals surface area contributed by atoms with Crippen LogP contribution in [0, 0.1) is 0 Å². The van der Waals surface area contributed by atoms with Crippen molar-refractivity contribution >= 4 is 11.6 Å². The van der Waals surface area contributed by atoms with Crippen LogP contribution in [0.1, 0.15) is 19.8 Å². The van der Waals surface area contributed by atoms with Crippen molar-refractivity contribution in [1.82, 2.24) is 9.97 Å². The molecule has 6 nitrogen and oxygen atoms in total. The zero-order chi connectivity index (χ0) is 13.9. The standard InChI is InChI=1S/C14H22N4O2/c1-11-7-18(8-12(9-19)20-11)14-6-13(15-10-16-14)17-4-2-3-5-17/h6,10-12,19H,2-5,7-9H2,1H3/t11-,12+/m0/s1. The zero-order valence-electron chi connectivity index (χ0n) is 11.9. The van der Waals surface area contributed by atoms with Crippen LogP contribution in [0.5, 0.6) is 0 Å².